The molecule has 7 aromatic rings. The molecule has 1 saturated carbocycles. The standard InChI is InChI=1S/C57H58O10/c1-40-27-29-46(30-28-40)64-54-51(60-35-42-19-9-3-10-20-42)48-32-31-47(33-49(48)66-56(54)58)65-57-55(63-38-45-25-15-6-16-26-45)53(62-37-44-23-13-5-14-24-44)52(61-36-43-21-11-4-12-22-43)50(67-57)39-59-34-41-17-7-2-8-18-41/h2-26,31-33,40,46,50,52-53,55,57H,27-30,34-39H2,1H3/t40-,46+,50-,52-,53+,55-,57-/m1/s1. The van der Waals surface area contributed by atoms with Crippen LogP contribution in [0, 0.1) is 5.92 Å². The van der Waals surface area contributed by atoms with E-state index in [2.05, 4.69) is 6.92 Å². The molecular weight excluding hydrogens is 845 g/mol. The van der Waals surface area contributed by atoms with E-state index < -0.39 is 36.3 Å². The van der Waals surface area contributed by atoms with Crippen molar-refractivity contribution in [2.75, 3.05) is 6.61 Å². The number of hydrogen-bond donors (Lipinski definition) is 0. The minimum Gasteiger partial charge on any atom is -0.484 e. The average molecular weight is 903 g/mol. The van der Waals surface area contributed by atoms with Crippen LogP contribution in [0.4, 0.5) is 0 Å². The Balaban J connectivity index is 1.06. The minimum absolute atomic E-state index is 0.0833. The molecule has 1 aliphatic carbocycles. The van der Waals surface area contributed by atoms with Crippen LogP contribution >= 0.6 is 0 Å². The Kier molecular flexibility index (Phi) is 15.7. The second-order valence-corrected chi connectivity index (χ2v) is 17.4. The fraction of sp³-hybridized carbons (Fsp3) is 0.316. The first kappa shape index (κ1) is 45.9. The van der Waals surface area contributed by atoms with E-state index >= 15 is 0 Å². The summed E-state index contributed by atoms with van der Waals surface area (Å²) in [6.07, 6.45) is -0.192. The first-order valence-corrected chi connectivity index (χ1v) is 23.4. The lowest BCUT2D eigenvalue weighted by Crippen LogP contribution is -2.62. The zero-order valence-electron chi connectivity index (χ0n) is 37.9. The highest BCUT2D eigenvalue weighted by Gasteiger charge is 2.50. The van der Waals surface area contributed by atoms with Crippen LogP contribution in [0.1, 0.15) is 60.4 Å². The molecule has 2 aliphatic rings. The largest absolute Gasteiger partial charge is 0.484 e. The summed E-state index contributed by atoms with van der Waals surface area (Å²) in [4.78, 5) is 14.0. The molecule has 67 heavy (non-hydrogen) atoms. The molecule has 10 heteroatoms. The third kappa shape index (κ3) is 12.4. The van der Waals surface area contributed by atoms with Crippen molar-refractivity contribution in [1.29, 1.82) is 0 Å². The van der Waals surface area contributed by atoms with Gasteiger partial charge in [0, 0.05) is 6.07 Å². The van der Waals surface area contributed by atoms with Crippen LogP contribution in [0.3, 0.4) is 0 Å². The zero-order valence-corrected chi connectivity index (χ0v) is 37.9. The maximum Gasteiger partial charge on any atom is 0.383 e. The summed E-state index contributed by atoms with van der Waals surface area (Å²) in [5, 5.41) is 0.578. The number of rotatable bonds is 20. The van der Waals surface area contributed by atoms with E-state index in [1.807, 2.05) is 164 Å². The van der Waals surface area contributed by atoms with Gasteiger partial charge in [-0.3, -0.25) is 0 Å². The molecular formula is C57H58O10. The van der Waals surface area contributed by atoms with Crippen LogP contribution in [0.25, 0.3) is 11.0 Å². The van der Waals surface area contributed by atoms with Gasteiger partial charge in [0.1, 0.15) is 42.4 Å². The molecule has 2 heterocycles. The van der Waals surface area contributed by atoms with E-state index in [0.29, 0.717) is 36.0 Å². The van der Waals surface area contributed by atoms with E-state index in [-0.39, 0.29) is 43.9 Å². The molecule has 0 amide bonds. The molecule has 1 saturated heterocycles. The van der Waals surface area contributed by atoms with E-state index in [1.165, 1.54) is 0 Å². The van der Waals surface area contributed by atoms with Crippen molar-refractivity contribution < 1.29 is 42.3 Å². The first-order valence-electron chi connectivity index (χ1n) is 23.4. The van der Waals surface area contributed by atoms with Crippen molar-refractivity contribution in [3.8, 4) is 17.2 Å². The lowest BCUT2D eigenvalue weighted by Gasteiger charge is -2.45. The van der Waals surface area contributed by atoms with Crippen LogP contribution in [0.2, 0.25) is 0 Å². The van der Waals surface area contributed by atoms with Crippen molar-refractivity contribution in [3.05, 3.63) is 208 Å². The van der Waals surface area contributed by atoms with Gasteiger partial charge >= 0.3 is 5.63 Å². The molecule has 2 fully saturated rings. The Labute approximate surface area is 392 Å². The van der Waals surface area contributed by atoms with Gasteiger partial charge in [-0.25, -0.2) is 4.79 Å². The Morgan fingerprint density at radius 2 is 1.00 bits per heavy atom. The maximum atomic E-state index is 14.0. The summed E-state index contributed by atoms with van der Waals surface area (Å²) in [5.74, 6) is 1.42. The van der Waals surface area contributed by atoms with Gasteiger partial charge in [0.25, 0.3) is 0 Å². The van der Waals surface area contributed by atoms with Gasteiger partial charge in [0.05, 0.1) is 44.5 Å². The highest BCUT2D eigenvalue weighted by Crippen LogP contribution is 2.39. The zero-order chi connectivity index (χ0) is 45.6. The molecule has 6 aromatic carbocycles. The second kappa shape index (κ2) is 23.0. The highest BCUT2D eigenvalue weighted by atomic mass is 16.7. The Hall–Kier alpha value is -6.27. The lowest BCUT2D eigenvalue weighted by atomic mass is 9.89. The molecule has 1 aliphatic heterocycles. The quantitative estimate of drug-likeness (QED) is 0.0687. The SMILES string of the molecule is C[C@H]1CC[C@@H](Oc2c(OCc3ccccc3)c3ccc(O[C@@H]4O[C@H](COCc5ccccc5)[C@@H](OCc5ccccc5)[C@H](OCc5ccccc5)[C@H]4OCc4ccccc4)cc3oc2=O)CC1. The Morgan fingerprint density at radius 1 is 0.507 bits per heavy atom. The van der Waals surface area contributed by atoms with Crippen LogP contribution in [0.5, 0.6) is 17.2 Å². The van der Waals surface area contributed by atoms with Crippen molar-refractivity contribution in [1.82, 2.24) is 0 Å². The maximum absolute atomic E-state index is 14.0. The normalized spacial score (nSPS) is 21.7. The molecule has 346 valence electrons. The van der Waals surface area contributed by atoms with Gasteiger partial charge in [-0.05, 0) is 71.6 Å². The molecule has 0 spiro atoms. The third-order valence-corrected chi connectivity index (χ3v) is 12.4. The average Bonchev–Trinajstić information content (AvgIpc) is 3.37. The second-order valence-electron chi connectivity index (χ2n) is 17.4. The fourth-order valence-corrected chi connectivity index (χ4v) is 8.67. The van der Waals surface area contributed by atoms with Crippen molar-refractivity contribution in [2.24, 2.45) is 5.92 Å². The van der Waals surface area contributed by atoms with Gasteiger partial charge in [0.2, 0.25) is 12.0 Å². The van der Waals surface area contributed by atoms with Crippen LogP contribution in [-0.2, 0) is 56.7 Å². The monoisotopic (exact) mass is 902 g/mol. The van der Waals surface area contributed by atoms with E-state index in [0.717, 1.165) is 53.5 Å². The fourth-order valence-electron chi connectivity index (χ4n) is 8.67. The highest BCUT2D eigenvalue weighted by molar-refractivity contribution is 5.86. The van der Waals surface area contributed by atoms with Gasteiger partial charge in [-0.2, -0.15) is 0 Å². The molecule has 9 rings (SSSR count). The molecule has 0 N–H and O–H groups in total. The lowest BCUT2D eigenvalue weighted by molar-refractivity contribution is -0.310. The Bertz CT molecular complexity index is 2620. The Morgan fingerprint density at radius 3 is 1.55 bits per heavy atom. The third-order valence-electron chi connectivity index (χ3n) is 12.4. The first-order chi connectivity index (χ1) is 33.0. The van der Waals surface area contributed by atoms with Gasteiger partial charge < -0.3 is 42.3 Å². The topological polar surface area (TPSA) is 104 Å². The summed E-state index contributed by atoms with van der Waals surface area (Å²) in [6, 6.07) is 55.2. The number of ether oxygens (including phenoxy) is 8. The van der Waals surface area contributed by atoms with Crippen LogP contribution in [-0.4, -0.2) is 43.4 Å². The summed E-state index contributed by atoms with van der Waals surface area (Å²) in [6.45, 7) is 3.85. The van der Waals surface area contributed by atoms with Crippen molar-refractivity contribution >= 4 is 11.0 Å². The van der Waals surface area contributed by atoms with E-state index in [1.54, 1.807) is 6.07 Å². The van der Waals surface area contributed by atoms with E-state index in [9.17, 15) is 4.79 Å². The minimum atomic E-state index is -1.03. The summed E-state index contributed by atoms with van der Waals surface area (Å²) in [7, 11) is 0. The van der Waals surface area contributed by atoms with Crippen LogP contribution < -0.4 is 19.8 Å². The molecule has 0 radical (unpaired) electrons. The van der Waals surface area contributed by atoms with Gasteiger partial charge in [-0.15, -0.1) is 0 Å². The summed E-state index contributed by atoms with van der Waals surface area (Å²) in [5.41, 5.74) is 4.59. The molecule has 10 nitrogen and oxygen atoms in total. The number of hydrogen-bond acceptors (Lipinski definition) is 10. The molecule has 1 aromatic heterocycles. The van der Waals surface area contributed by atoms with Crippen molar-refractivity contribution in [3.63, 3.8) is 0 Å². The van der Waals surface area contributed by atoms with Gasteiger partial charge in [0.15, 0.2) is 5.75 Å². The molecule has 5 atom stereocenters. The predicted molar refractivity (Wildman–Crippen MR) is 256 cm³/mol. The van der Waals surface area contributed by atoms with Crippen LogP contribution in [0.15, 0.2) is 179 Å². The van der Waals surface area contributed by atoms with Crippen molar-refractivity contribution in [2.45, 2.75) is 102 Å². The molecule has 0 bridgehead atoms. The number of fused-ring (bicyclic) bond motifs is 1. The summed E-state index contributed by atoms with van der Waals surface area (Å²) >= 11 is 0. The smallest absolute Gasteiger partial charge is 0.383 e. The predicted octanol–water partition coefficient (Wildman–Crippen LogP) is 11.4. The van der Waals surface area contributed by atoms with Gasteiger partial charge in [-0.1, -0.05) is 159 Å². The van der Waals surface area contributed by atoms with E-state index in [4.69, 9.17) is 42.3 Å². The molecule has 0 unspecified atom stereocenters. The number of benzene rings is 6. The summed E-state index contributed by atoms with van der Waals surface area (Å²) < 4.78 is 59.8.